The van der Waals surface area contributed by atoms with E-state index in [-0.39, 0.29) is 28.3 Å². The zero-order valence-electron chi connectivity index (χ0n) is 14.7. The van der Waals surface area contributed by atoms with Crippen molar-refractivity contribution in [3.05, 3.63) is 77.9 Å². The molecule has 0 atom stereocenters. The van der Waals surface area contributed by atoms with Gasteiger partial charge in [-0.25, -0.2) is 22.7 Å². The first-order valence-electron chi connectivity index (χ1n) is 8.46. The van der Waals surface area contributed by atoms with Crippen molar-refractivity contribution in [2.45, 2.75) is 6.43 Å². The summed E-state index contributed by atoms with van der Waals surface area (Å²) in [4.78, 5) is 16.9. The van der Waals surface area contributed by atoms with Crippen LogP contribution in [-0.2, 0) is 0 Å². The maximum Gasteiger partial charge on any atom is 0.280 e. The van der Waals surface area contributed by atoms with Gasteiger partial charge in [0.15, 0.2) is 5.65 Å². The Bertz CT molecular complexity index is 1210. The smallest absolute Gasteiger partial charge is 0.280 e. The number of carbonyl (C=O) groups is 1. The SMILES string of the molecule is O=C(Nc1ccccc1O)c1cnn2c(C(F)F)cc(-c3ccc(F)cc3)nc12. The minimum absolute atomic E-state index is 0.0564. The summed E-state index contributed by atoms with van der Waals surface area (Å²) in [5, 5.41) is 16.2. The lowest BCUT2D eigenvalue weighted by Gasteiger charge is -2.09. The van der Waals surface area contributed by atoms with Gasteiger partial charge in [-0.2, -0.15) is 5.10 Å². The van der Waals surface area contributed by atoms with Crippen molar-refractivity contribution in [1.82, 2.24) is 14.6 Å². The van der Waals surface area contributed by atoms with Gasteiger partial charge in [0, 0.05) is 5.56 Å². The van der Waals surface area contributed by atoms with Crippen molar-refractivity contribution in [2.24, 2.45) is 0 Å². The summed E-state index contributed by atoms with van der Waals surface area (Å²) in [7, 11) is 0. The summed E-state index contributed by atoms with van der Waals surface area (Å²) in [6, 6.07) is 12.4. The molecule has 0 bridgehead atoms. The van der Waals surface area contributed by atoms with E-state index < -0.39 is 23.8 Å². The van der Waals surface area contributed by atoms with E-state index in [0.717, 1.165) is 16.8 Å². The zero-order chi connectivity index (χ0) is 20.5. The normalized spacial score (nSPS) is 11.2. The number of fused-ring (bicyclic) bond motifs is 1. The number of nitrogens with zero attached hydrogens (tertiary/aromatic N) is 3. The summed E-state index contributed by atoms with van der Waals surface area (Å²) in [5.41, 5.74) is 0.0969. The molecule has 29 heavy (non-hydrogen) atoms. The molecule has 0 spiro atoms. The number of halogens is 3. The van der Waals surface area contributed by atoms with E-state index in [4.69, 9.17) is 0 Å². The van der Waals surface area contributed by atoms with E-state index in [2.05, 4.69) is 15.4 Å². The van der Waals surface area contributed by atoms with Crippen LogP contribution in [0.15, 0.2) is 60.8 Å². The lowest BCUT2D eigenvalue weighted by molar-refractivity contribution is 0.102. The zero-order valence-corrected chi connectivity index (χ0v) is 14.7. The van der Waals surface area contributed by atoms with Crippen LogP contribution >= 0.6 is 0 Å². The third-order valence-corrected chi connectivity index (χ3v) is 4.26. The van der Waals surface area contributed by atoms with Gasteiger partial charge >= 0.3 is 0 Å². The summed E-state index contributed by atoms with van der Waals surface area (Å²) < 4.78 is 41.3. The molecule has 0 unspecified atom stereocenters. The highest BCUT2D eigenvalue weighted by Gasteiger charge is 2.22. The lowest BCUT2D eigenvalue weighted by atomic mass is 10.1. The second-order valence-corrected chi connectivity index (χ2v) is 6.14. The number of nitrogens with one attached hydrogen (secondary N) is 1. The van der Waals surface area contributed by atoms with E-state index in [0.29, 0.717) is 5.56 Å². The van der Waals surface area contributed by atoms with Crippen LogP contribution in [0.2, 0.25) is 0 Å². The van der Waals surface area contributed by atoms with Gasteiger partial charge in [0.1, 0.15) is 22.8 Å². The van der Waals surface area contributed by atoms with Crippen LogP contribution in [0.1, 0.15) is 22.5 Å². The van der Waals surface area contributed by atoms with Gasteiger partial charge in [-0.1, -0.05) is 12.1 Å². The van der Waals surface area contributed by atoms with Gasteiger partial charge in [-0.05, 0) is 42.5 Å². The third-order valence-electron chi connectivity index (χ3n) is 4.26. The van der Waals surface area contributed by atoms with E-state index in [1.54, 1.807) is 12.1 Å². The van der Waals surface area contributed by atoms with Gasteiger partial charge in [-0.3, -0.25) is 4.79 Å². The quantitative estimate of drug-likeness (QED) is 0.499. The topological polar surface area (TPSA) is 79.5 Å². The van der Waals surface area contributed by atoms with Crippen molar-refractivity contribution in [1.29, 1.82) is 0 Å². The van der Waals surface area contributed by atoms with Gasteiger partial charge in [0.2, 0.25) is 0 Å². The molecular formula is C20H13F3N4O2. The van der Waals surface area contributed by atoms with Crippen LogP contribution in [0.4, 0.5) is 18.9 Å². The fourth-order valence-corrected chi connectivity index (χ4v) is 2.84. The summed E-state index contributed by atoms with van der Waals surface area (Å²) >= 11 is 0. The molecular weight excluding hydrogens is 385 g/mol. The van der Waals surface area contributed by atoms with Crippen molar-refractivity contribution in [2.75, 3.05) is 5.32 Å². The van der Waals surface area contributed by atoms with Crippen molar-refractivity contribution in [3.8, 4) is 17.0 Å². The maximum atomic E-state index is 13.6. The van der Waals surface area contributed by atoms with E-state index in [9.17, 15) is 23.1 Å². The molecule has 2 N–H and O–H groups in total. The molecule has 0 aliphatic heterocycles. The minimum atomic E-state index is -2.88. The number of phenols is 1. The largest absolute Gasteiger partial charge is 0.506 e. The maximum absolute atomic E-state index is 13.6. The number of anilines is 1. The fourth-order valence-electron chi connectivity index (χ4n) is 2.84. The monoisotopic (exact) mass is 398 g/mol. The molecule has 0 saturated heterocycles. The number of benzene rings is 2. The lowest BCUT2D eigenvalue weighted by Crippen LogP contribution is -2.13. The second kappa shape index (κ2) is 7.27. The molecule has 146 valence electrons. The first kappa shape index (κ1) is 18.5. The number of rotatable bonds is 4. The summed E-state index contributed by atoms with van der Waals surface area (Å²) in [6.07, 6.45) is -1.76. The minimum Gasteiger partial charge on any atom is -0.506 e. The van der Waals surface area contributed by atoms with Crippen LogP contribution in [0.25, 0.3) is 16.9 Å². The fraction of sp³-hybridized carbons (Fsp3) is 0.0500. The number of alkyl halides is 2. The van der Waals surface area contributed by atoms with Gasteiger partial charge < -0.3 is 10.4 Å². The van der Waals surface area contributed by atoms with E-state index in [1.807, 2.05) is 0 Å². The first-order valence-corrected chi connectivity index (χ1v) is 8.46. The molecule has 1 amide bonds. The standard InChI is InChI=1S/C20H13F3N4O2/c21-12-7-5-11(6-8-12)15-9-16(18(22)23)27-19(25-15)13(10-24-27)20(29)26-14-3-1-2-4-17(14)28/h1-10,18,28H,(H,26,29). The molecule has 4 rings (SSSR count). The van der Waals surface area contributed by atoms with Crippen molar-refractivity contribution in [3.63, 3.8) is 0 Å². The van der Waals surface area contributed by atoms with Crippen molar-refractivity contribution < 1.29 is 23.1 Å². The average molecular weight is 398 g/mol. The van der Waals surface area contributed by atoms with E-state index >= 15 is 0 Å². The van der Waals surface area contributed by atoms with Gasteiger partial charge in [0.05, 0.1) is 17.6 Å². The number of para-hydroxylation sites is 2. The van der Waals surface area contributed by atoms with Gasteiger partial charge in [0.25, 0.3) is 12.3 Å². The Morgan fingerprint density at radius 1 is 1.10 bits per heavy atom. The van der Waals surface area contributed by atoms with Gasteiger partial charge in [-0.15, -0.1) is 0 Å². The highest BCUT2D eigenvalue weighted by atomic mass is 19.3. The average Bonchev–Trinajstić information content (AvgIpc) is 3.13. The predicted molar refractivity (Wildman–Crippen MR) is 99.4 cm³/mol. The first-order chi connectivity index (χ1) is 13.9. The number of carbonyl (C=O) groups excluding carboxylic acids is 1. The van der Waals surface area contributed by atoms with Crippen LogP contribution < -0.4 is 5.32 Å². The molecule has 4 aromatic rings. The molecule has 0 aliphatic rings. The molecule has 0 radical (unpaired) electrons. The Balaban J connectivity index is 1.82. The Hall–Kier alpha value is -3.88. The van der Waals surface area contributed by atoms with Crippen LogP contribution in [0, 0.1) is 5.82 Å². The van der Waals surface area contributed by atoms with Crippen molar-refractivity contribution >= 4 is 17.2 Å². The number of phenolic OH excluding ortho intramolecular Hbond substituents is 1. The number of hydrogen-bond acceptors (Lipinski definition) is 4. The third kappa shape index (κ3) is 3.49. The van der Waals surface area contributed by atoms with Crippen LogP contribution in [-0.4, -0.2) is 25.6 Å². The second-order valence-electron chi connectivity index (χ2n) is 6.14. The summed E-state index contributed by atoms with van der Waals surface area (Å²) in [5.74, 6) is -1.30. The summed E-state index contributed by atoms with van der Waals surface area (Å²) in [6.45, 7) is 0. The predicted octanol–water partition coefficient (Wildman–Crippen LogP) is 4.43. The van der Waals surface area contributed by atoms with E-state index in [1.165, 1.54) is 36.4 Å². The molecule has 2 heterocycles. The molecule has 2 aromatic carbocycles. The molecule has 0 aliphatic carbocycles. The molecule has 2 aromatic heterocycles. The Morgan fingerprint density at radius 2 is 1.83 bits per heavy atom. The molecule has 6 nitrogen and oxygen atoms in total. The number of hydrogen-bond donors (Lipinski definition) is 2. The molecule has 9 heteroatoms. The Kier molecular flexibility index (Phi) is 4.63. The van der Waals surface area contributed by atoms with Crippen LogP contribution in [0.3, 0.4) is 0 Å². The molecule has 0 saturated carbocycles. The highest BCUT2D eigenvalue weighted by molar-refractivity contribution is 6.08. The highest BCUT2D eigenvalue weighted by Crippen LogP contribution is 2.28. The Labute approximate surface area is 162 Å². The Morgan fingerprint density at radius 3 is 2.52 bits per heavy atom. The molecule has 0 fully saturated rings. The van der Waals surface area contributed by atoms with Crippen LogP contribution in [0.5, 0.6) is 5.75 Å². The number of aromatic hydroxyl groups is 1. The number of aromatic nitrogens is 3. The number of amides is 1.